The Labute approximate surface area is 149 Å². The smallest absolute Gasteiger partial charge is 0.324 e. The van der Waals surface area contributed by atoms with Gasteiger partial charge < -0.3 is 4.74 Å². The number of nitrogens with one attached hydrogen (secondary N) is 3. The number of halogens is 1. The maximum Gasteiger partial charge on any atom is 0.332 e. The summed E-state index contributed by atoms with van der Waals surface area (Å²) >= 11 is 0. The van der Waals surface area contributed by atoms with Gasteiger partial charge in [-0.3, -0.25) is 9.13 Å². The molecule has 26 heavy (non-hydrogen) atoms. The molecule has 1 saturated carbocycles. The summed E-state index contributed by atoms with van der Waals surface area (Å²) in [5.74, 6) is -0.909. The van der Waals surface area contributed by atoms with E-state index in [4.69, 9.17) is 4.74 Å². The molecule has 2 heterocycles. The average molecular weight is 385 g/mol. The average Bonchev–Trinajstić information content (AvgIpc) is 3.01. The highest BCUT2D eigenvalue weighted by Gasteiger charge is 2.42. The van der Waals surface area contributed by atoms with Crippen LogP contribution >= 0.6 is 0 Å². The lowest BCUT2D eigenvalue weighted by atomic mass is 10.3. The molecule has 1 aromatic carbocycles. The molecule has 0 bridgehead atoms. The number of hydrogen-bond donors (Lipinski definition) is 3. The summed E-state index contributed by atoms with van der Waals surface area (Å²) in [6.45, 7) is 3.52. The van der Waals surface area contributed by atoms with Gasteiger partial charge in [-0.05, 0) is 32.8 Å². The van der Waals surface area contributed by atoms with Gasteiger partial charge >= 0.3 is 5.69 Å². The number of aryl methyl sites for hydroxylation is 1. The summed E-state index contributed by atoms with van der Waals surface area (Å²) in [7, 11) is -2.57. The van der Waals surface area contributed by atoms with Crippen LogP contribution < -0.4 is 21.3 Å². The van der Waals surface area contributed by atoms with E-state index in [-0.39, 0.29) is 17.3 Å². The van der Waals surface area contributed by atoms with Gasteiger partial charge in [-0.25, -0.2) is 33.2 Å². The topological polar surface area (TPSA) is 106 Å². The van der Waals surface area contributed by atoms with Crippen LogP contribution in [-0.4, -0.2) is 29.3 Å². The van der Waals surface area contributed by atoms with Crippen molar-refractivity contribution in [2.45, 2.75) is 49.7 Å². The molecule has 1 saturated heterocycles. The Morgan fingerprint density at radius 1 is 1.31 bits per heavy atom. The van der Waals surface area contributed by atoms with Gasteiger partial charge in [0.05, 0.1) is 11.0 Å². The van der Waals surface area contributed by atoms with Gasteiger partial charge in [0, 0.05) is 18.7 Å². The molecule has 1 aromatic heterocycles. The molecule has 0 spiro atoms. The first kappa shape index (κ1) is 17.6. The quantitative estimate of drug-likeness (QED) is 0.696. The van der Waals surface area contributed by atoms with Gasteiger partial charge in [0.1, 0.15) is 16.9 Å². The van der Waals surface area contributed by atoms with Gasteiger partial charge in [-0.1, -0.05) is 0 Å². The minimum absolute atomic E-state index is 0.258. The van der Waals surface area contributed by atoms with Crippen molar-refractivity contribution < 1.29 is 17.5 Å². The molecule has 2 aromatic rings. The van der Waals surface area contributed by atoms with E-state index < -0.39 is 38.3 Å². The third-order valence-electron chi connectivity index (χ3n) is 4.79. The van der Waals surface area contributed by atoms with Gasteiger partial charge in [0.25, 0.3) is 0 Å². The molecule has 0 radical (unpaired) electrons. The van der Waals surface area contributed by atoms with E-state index in [1.807, 2.05) is 0 Å². The number of ether oxygens (including phenoxy) is 1. The van der Waals surface area contributed by atoms with Crippen LogP contribution in [0.3, 0.4) is 0 Å². The summed E-state index contributed by atoms with van der Waals surface area (Å²) in [4.78, 5) is 12.1. The number of hydrazine groups is 1. The predicted molar refractivity (Wildman–Crippen MR) is 91.0 cm³/mol. The van der Waals surface area contributed by atoms with E-state index >= 15 is 0 Å². The van der Waals surface area contributed by atoms with Crippen LogP contribution in [0.15, 0.2) is 21.8 Å². The lowest BCUT2D eigenvalue weighted by Gasteiger charge is -2.14. The molecule has 1 aliphatic heterocycles. The second kappa shape index (κ2) is 5.60. The fraction of sp³-hybridized carbons (Fsp3) is 0.533. The summed E-state index contributed by atoms with van der Waals surface area (Å²) < 4.78 is 50.4. The fourth-order valence-corrected chi connectivity index (χ4v) is 4.58. The fourth-order valence-electron chi connectivity index (χ4n) is 3.04. The van der Waals surface area contributed by atoms with Crippen molar-refractivity contribution in [1.29, 1.82) is 0 Å². The maximum atomic E-state index is 14.6. The molecule has 3 N–H and O–H groups in total. The number of fused-ring (bicyclic) bond motifs is 1. The Morgan fingerprint density at radius 2 is 2.00 bits per heavy atom. The van der Waals surface area contributed by atoms with Crippen LogP contribution in [0.5, 0.6) is 0 Å². The van der Waals surface area contributed by atoms with Crippen LogP contribution in [0.1, 0.15) is 33.0 Å². The summed E-state index contributed by atoms with van der Waals surface area (Å²) in [5, 5.41) is 0. The first-order chi connectivity index (χ1) is 12.1. The third-order valence-corrected chi connectivity index (χ3v) is 6.44. The lowest BCUT2D eigenvalue weighted by Crippen LogP contribution is -2.35. The van der Waals surface area contributed by atoms with Crippen LogP contribution in [0.2, 0.25) is 0 Å². The molecule has 0 amide bonds. The van der Waals surface area contributed by atoms with E-state index in [1.54, 1.807) is 13.8 Å². The highest BCUT2D eigenvalue weighted by Crippen LogP contribution is 2.36. The summed E-state index contributed by atoms with van der Waals surface area (Å²) in [5.41, 5.74) is 5.17. The largest absolute Gasteiger partial charge is 0.332 e. The number of hydrogen-bond acceptors (Lipinski definition) is 6. The number of aromatic nitrogens is 2. The monoisotopic (exact) mass is 385 g/mol. The molecule has 4 rings (SSSR count). The molecular formula is C15H20FN5O4S. The first-order valence-corrected chi connectivity index (χ1v) is 9.71. The van der Waals surface area contributed by atoms with Gasteiger partial charge in [0.2, 0.25) is 16.4 Å². The van der Waals surface area contributed by atoms with Gasteiger partial charge in [-0.15, -0.1) is 0 Å². The number of rotatable bonds is 4. The summed E-state index contributed by atoms with van der Waals surface area (Å²) in [6, 6.07) is 2.23. The number of benzene rings is 1. The van der Waals surface area contributed by atoms with Crippen molar-refractivity contribution in [3.63, 3.8) is 0 Å². The molecule has 11 heteroatoms. The lowest BCUT2D eigenvalue weighted by molar-refractivity contribution is 0.000945. The van der Waals surface area contributed by atoms with Crippen molar-refractivity contribution in [2.75, 3.05) is 0 Å². The zero-order valence-corrected chi connectivity index (χ0v) is 15.4. The molecule has 2 aliphatic rings. The van der Waals surface area contributed by atoms with Crippen LogP contribution in [0.4, 0.5) is 4.39 Å². The molecule has 1 aliphatic carbocycles. The predicted octanol–water partition coefficient (Wildman–Crippen LogP) is 0.236. The van der Waals surface area contributed by atoms with Crippen molar-refractivity contribution in [1.82, 2.24) is 24.7 Å². The Bertz CT molecular complexity index is 1060. The molecular weight excluding hydrogens is 365 g/mol. The van der Waals surface area contributed by atoms with E-state index in [0.29, 0.717) is 12.8 Å². The number of sulfonamides is 1. The van der Waals surface area contributed by atoms with E-state index in [2.05, 4.69) is 15.6 Å². The Hall–Kier alpha value is -1.79. The molecule has 9 nitrogen and oxygen atoms in total. The third kappa shape index (κ3) is 2.76. The van der Waals surface area contributed by atoms with Gasteiger partial charge in [0.15, 0.2) is 0 Å². The standard InChI is InChI=1S/C15H20FN5O4S/c1-8-17-18-13(25-8)21-11-7-12(26(23,24)19-15(2)4-5-15)9(16)6-10(11)20(3)14(21)22/h6-8,13,17-19H,4-5H2,1-3H3. The maximum absolute atomic E-state index is 14.6. The number of nitrogens with zero attached hydrogens (tertiary/aromatic N) is 2. The van der Waals surface area contributed by atoms with Crippen LogP contribution in [0.25, 0.3) is 11.0 Å². The normalized spacial score (nSPS) is 25.1. The molecule has 2 fully saturated rings. The van der Waals surface area contributed by atoms with E-state index in [9.17, 15) is 17.6 Å². The van der Waals surface area contributed by atoms with Crippen LogP contribution in [0, 0.1) is 5.82 Å². The van der Waals surface area contributed by atoms with Gasteiger partial charge in [-0.2, -0.15) is 0 Å². The molecule has 142 valence electrons. The minimum atomic E-state index is -4.06. The van der Waals surface area contributed by atoms with E-state index in [1.165, 1.54) is 22.2 Å². The van der Waals surface area contributed by atoms with Crippen molar-refractivity contribution >= 4 is 21.1 Å². The second-order valence-electron chi connectivity index (χ2n) is 7.07. The minimum Gasteiger partial charge on any atom is -0.324 e. The van der Waals surface area contributed by atoms with Crippen LogP contribution in [-0.2, 0) is 21.8 Å². The highest BCUT2D eigenvalue weighted by atomic mass is 32.2. The zero-order valence-electron chi connectivity index (χ0n) is 14.5. The summed E-state index contributed by atoms with van der Waals surface area (Å²) in [6.07, 6.45) is 0.226. The number of imidazole rings is 1. The highest BCUT2D eigenvalue weighted by molar-refractivity contribution is 7.89. The van der Waals surface area contributed by atoms with E-state index in [0.717, 1.165) is 6.07 Å². The second-order valence-corrected chi connectivity index (χ2v) is 8.72. The molecule has 2 unspecified atom stereocenters. The van der Waals surface area contributed by atoms with Crippen molar-refractivity contribution in [2.24, 2.45) is 7.05 Å². The molecule has 2 atom stereocenters. The van der Waals surface area contributed by atoms with Crippen molar-refractivity contribution in [3.05, 3.63) is 28.4 Å². The Balaban J connectivity index is 1.89. The zero-order chi connectivity index (χ0) is 18.9. The SMILES string of the molecule is CC1NNC(n2c(=O)n(C)c3cc(F)c(S(=O)(=O)NC4(C)CC4)cc32)O1. The van der Waals surface area contributed by atoms with Crippen molar-refractivity contribution in [3.8, 4) is 0 Å². The Morgan fingerprint density at radius 3 is 2.58 bits per heavy atom. The first-order valence-electron chi connectivity index (χ1n) is 8.22. The Kier molecular flexibility index (Phi) is 3.80.